The quantitative estimate of drug-likeness (QED) is 0.553. The lowest BCUT2D eigenvalue weighted by Crippen LogP contribution is -2.42. The summed E-state index contributed by atoms with van der Waals surface area (Å²) in [5, 5.41) is 24.6. The molecule has 4 N–H and O–H groups in total. The van der Waals surface area contributed by atoms with Crippen molar-refractivity contribution in [3.63, 3.8) is 0 Å². The molecule has 1 heterocycles. The van der Waals surface area contributed by atoms with E-state index in [1.807, 2.05) is 0 Å². The Morgan fingerprint density at radius 3 is 2.48 bits per heavy atom. The Morgan fingerprint density at radius 1 is 1.24 bits per heavy atom. The molecule has 0 aliphatic heterocycles. The molecule has 0 bridgehead atoms. The van der Waals surface area contributed by atoms with Crippen molar-refractivity contribution in [2.24, 2.45) is 0 Å². The first kappa shape index (κ1) is 18.2. The summed E-state index contributed by atoms with van der Waals surface area (Å²) in [6.07, 6.45) is -0.720. The highest BCUT2D eigenvalue weighted by Gasteiger charge is 2.24. The molecule has 0 radical (unpaired) electrons. The van der Waals surface area contributed by atoms with Crippen LogP contribution < -0.4 is 15.4 Å². The summed E-state index contributed by atoms with van der Waals surface area (Å²) in [5.74, 6) is -2.81. The molecular weight excluding hydrogens is 350 g/mol. The summed E-state index contributed by atoms with van der Waals surface area (Å²) in [6.45, 7) is 0. The van der Waals surface area contributed by atoms with Crippen molar-refractivity contribution < 1.29 is 29.3 Å². The zero-order chi connectivity index (χ0) is 18.4. The van der Waals surface area contributed by atoms with Crippen LogP contribution in [0.4, 0.5) is 10.8 Å². The smallest absolute Gasteiger partial charge is 0.326 e. The van der Waals surface area contributed by atoms with E-state index in [1.165, 1.54) is 5.38 Å². The summed E-state index contributed by atoms with van der Waals surface area (Å²) < 4.78 is 5.06. The van der Waals surface area contributed by atoms with Crippen LogP contribution in [-0.4, -0.2) is 46.2 Å². The molecular formula is C15H15N3O6S. The maximum Gasteiger partial charge on any atom is 0.326 e. The number of methoxy groups -OCH3 is 1. The average Bonchev–Trinajstić information content (AvgIpc) is 3.03. The Labute approximate surface area is 146 Å². The number of carboxylic acids is 2. The molecule has 25 heavy (non-hydrogen) atoms. The number of aromatic nitrogens is 1. The van der Waals surface area contributed by atoms with Crippen molar-refractivity contribution in [2.75, 3.05) is 12.4 Å². The lowest BCUT2D eigenvalue weighted by Gasteiger charge is -2.10. The van der Waals surface area contributed by atoms with Crippen LogP contribution in [0, 0.1) is 0 Å². The molecule has 1 atom stereocenters. The van der Waals surface area contributed by atoms with E-state index in [4.69, 9.17) is 14.9 Å². The summed E-state index contributed by atoms with van der Waals surface area (Å²) in [4.78, 5) is 37.7. The number of nitrogens with one attached hydrogen (secondary N) is 2. The van der Waals surface area contributed by atoms with Gasteiger partial charge in [-0.15, -0.1) is 11.3 Å². The first-order chi connectivity index (χ1) is 11.9. The maximum atomic E-state index is 12.0. The maximum absolute atomic E-state index is 12.0. The van der Waals surface area contributed by atoms with Crippen LogP contribution in [0.25, 0.3) is 0 Å². The predicted octanol–water partition coefficient (Wildman–Crippen LogP) is 1.55. The van der Waals surface area contributed by atoms with Crippen molar-refractivity contribution in [1.82, 2.24) is 10.3 Å². The van der Waals surface area contributed by atoms with Crippen LogP contribution in [0.5, 0.6) is 5.75 Å². The second kappa shape index (κ2) is 8.11. The standard InChI is InChI=1S/C15H15N3O6S/c1-24-9-4-2-8(3-5-9)16-15-18-11(7-25-15)13(21)17-10(14(22)23)6-12(19)20/h2-5,7,10H,6H2,1H3,(H,16,18)(H,17,21)(H,19,20)(H,22,23). The van der Waals surface area contributed by atoms with Gasteiger partial charge in [0.2, 0.25) is 0 Å². The highest BCUT2D eigenvalue weighted by molar-refractivity contribution is 7.14. The number of carbonyl (C=O) groups is 3. The van der Waals surface area contributed by atoms with E-state index in [9.17, 15) is 14.4 Å². The fourth-order valence-electron chi connectivity index (χ4n) is 1.84. The van der Waals surface area contributed by atoms with Gasteiger partial charge in [0.05, 0.1) is 13.5 Å². The summed E-state index contributed by atoms with van der Waals surface area (Å²) in [6, 6.07) is 5.53. The molecule has 0 aliphatic rings. The van der Waals surface area contributed by atoms with Crippen LogP contribution in [0.1, 0.15) is 16.9 Å². The molecule has 1 amide bonds. The number of carbonyl (C=O) groups excluding carboxylic acids is 1. The SMILES string of the molecule is COc1ccc(Nc2nc(C(=O)NC(CC(=O)O)C(=O)O)cs2)cc1. The molecule has 1 unspecified atom stereocenters. The number of ether oxygens (including phenoxy) is 1. The van der Waals surface area contributed by atoms with Gasteiger partial charge in [-0.3, -0.25) is 9.59 Å². The first-order valence-corrected chi connectivity index (χ1v) is 7.89. The Kier molecular flexibility index (Phi) is 5.90. The third-order valence-electron chi connectivity index (χ3n) is 3.06. The molecule has 0 saturated carbocycles. The molecule has 0 spiro atoms. The molecule has 1 aromatic carbocycles. The molecule has 1 aromatic heterocycles. The van der Waals surface area contributed by atoms with E-state index in [1.54, 1.807) is 31.4 Å². The monoisotopic (exact) mass is 365 g/mol. The molecule has 0 fully saturated rings. The number of benzene rings is 1. The third-order valence-corrected chi connectivity index (χ3v) is 3.82. The predicted molar refractivity (Wildman–Crippen MR) is 89.5 cm³/mol. The van der Waals surface area contributed by atoms with Crippen molar-refractivity contribution in [3.8, 4) is 5.75 Å². The third kappa shape index (κ3) is 5.18. The van der Waals surface area contributed by atoms with Crippen LogP contribution in [0.2, 0.25) is 0 Å². The number of anilines is 2. The fourth-order valence-corrected chi connectivity index (χ4v) is 2.55. The minimum absolute atomic E-state index is 0.00218. The Hall–Kier alpha value is -3.14. The van der Waals surface area contributed by atoms with Gasteiger partial charge >= 0.3 is 11.9 Å². The molecule has 2 aromatic rings. The molecule has 10 heteroatoms. The van der Waals surface area contributed by atoms with Gasteiger partial charge < -0.3 is 25.6 Å². The van der Waals surface area contributed by atoms with Gasteiger partial charge in [0.15, 0.2) is 5.13 Å². The summed E-state index contributed by atoms with van der Waals surface area (Å²) >= 11 is 1.15. The zero-order valence-electron chi connectivity index (χ0n) is 13.1. The van der Waals surface area contributed by atoms with E-state index in [0.717, 1.165) is 17.0 Å². The van der Waals surface area contributed by atoms with E-state index in [-0.39, 0.29) is 5.69 Å². The second-order valence-electron chi connectivity index (χ2n) is 4.85. The minimum Gasteiger partial charge on any atom is -0.497 e. The fraction of sp³-hybridized carbons (Fsp3) is 0.200. The summed E-state index contributed by atoms with van der Waals surface area (Å²) in [5.41, 5.74) is 0.731. The average molecular weight is 365 g/mol. The summed E-state index contributed by atoms with van der Waals surface area (Å²) in [7, 11) is 1.56. The van der Waals surface area contributed by atoms with E-state index < -0.39 is 30.3 Å². The Bertz CT molecular complexity index is 774. The highest BCUT2D eigenvalue weighted by Crippen LogP contribution is 2.22. The largest absolute Gasteiger partial charge is 0.497 e. The van der Waals surface area contributed by atoms with Crippen molar-refractivity contribution in [2.45, 2.75) is 12.5 Å². The van der Waals surface area contributed by atoms with Crippen LogP contribution in [-0.2, 0) is 9.59 Å². The lowest BCUT2D eigenvalue weighted by molar-refractivity contribution is -0.145. The van der Waals surface area contributed by atoms with Gasteiger partial charge in [-0.25, -0.2) is 9.78 Å². The van der Waals surface area contributed by atoms with Gasteiger partial charge in [0, 0.05) is 11.1 Å². The molecule has 9 nitrogen and oxygen atoms in total. The van der Waals surface area contributed by atoms with Gasteiger partial charge in [0.1, 0.15) is 17.5 Å². The van der Waals surface area contributed by atoms with Gasteiger partial charge in [-0.05, 0) is 24.3 Å². The van der Waals surface area contributed by atoms with Crippen LogP contribution in [0.15, 0.2) is 29.6 Å². The van der Waals surface area contributed by atoms with Crippen LogP contribution >= 0.6 is 11.3 Å². The Morgan fingerprint density at radius 2 is 1.92 bits per heavy atom. The lowest BCUT2D eigenvalue weighted by atomic mass is 10.2. The minimum atomic E-state index is -1.52. The van der Waals surface area contributed by atoms with Gasteiger partial charge in [-0.1, -0.05) is 0 Å². The molecule has 2 rings (SSSR count). The second-order valence-corrected chi connectivity index (χ2v) is 5.71. The topological polar surface area (TPSA) is 138 Å². The molecule has 132 valence electrons. The number of carboxylic acid groups (broad SMARTS) is 2. The number of thiazole rings is 1. The van der Waals surface area contributed by atoms with Gasteiger partial charge in [-0.2, -0.15) is 0 Å². The first-order valence-electron chi connectivity index (χ1n) is 7.01. The number of nitrogens with zero attached hydrogens (tertiary/aromatic N) is 1. The zero-order valence-corrected chi connectivity index (χ0v) is 13.9. The highest BCUT2D eigenvalue weighted by atomic mass is 32.1. The normalized spacial score (nSPS) is 11.4. The van der Waals surface area contributed by atoms with E-state index in [2.05, 4.69) is 15.6 Å². The number of amides is 1. The van der Waals surface area contributed by atoms with Crippen molar-refractivity contribution >= 4 is 40.0 Å². The number of aliphatic carboxylic acids is 2. The Balaban J connectivity index is 2.02. The van der Waals surface area contributed by atoms with Crippen molar-refractivity contribution in [3.05, 3.63) is 35.3 Å². The van der Waals surface area contributed by atoms with E-state index in [0.29, 0.717) is 10.9 Å². The van der Waals surface area contributed by atoms with E-state index >= 15 is 0 Å². The number of hydrogen-bond donors (Lipinski definition) is 4. The van der Waals surface area contributed by atoms with Crippen LogP contribution in [0.3, 0.4) is 0 Å². The van der Waals surface area contributed by atoms with Crippen molar-refractivity contribution in [1.29, 1.82) is 0 Å². The van der Waals surface area contributed by atoms with Gasteiger partial charge in [0.25, 0.3) is 5.91 Å². The number of hydrogen-bond acceptors (Lipinski definition) is 7. The molecule has 0 saturated heterocycles. The number of rotatable bonds is 8. The molecule has 0 aliphatic carbocycles.